The SMILES string of the molecule is CC(C)CN(CC1CCOC1)C1CCC1. The number of ether oxygens (including phenoxy) is 1. The summed E-state index contributed by atoms with van der Waals surface area (Å²) in [5, 5.41) is 0. The molecule has 0 radical (unpaired) electrons. The lowest BCUT2D eigenvalue weighted by molar-refractivity contribution is 0.0883. The zero-order chi connectivity index (χ0) is 10.7. The van der Waals surface area contributed by atoms with Gasteiger partial charge in [-0.1, -0.05) is 20.3 Å². The maximum Gasteiger partial charge on any atom is 0.0507 e. The van der Waals surface area contributed by atoms with Crippen molar-refractivity contribution in [2.45, 2.75) is 45.6 Å². The van der Waals surface area contributed by atoms with Crippen molar-refractivity contribution < 1.29 is 4.74 Å². The molecule has 0 aromatic carbocycles. The fraction of sp³-hybridized carbons (Fsp3) is 1.00. The van der Waals surface area contributed by atoms with E-state index in [1.807, 2.05) is 0 Å². The van der Waals surface area contributed by atoms with Crippen LogP contribution in [0.2, 0.25) is 0 Å². The third-order valence-electron chi connectivity index (χ3n) is 3.71. The normalized spacial score (nSPS) is 27.6. The van der Waals surface area contributed by atoms with Gasteiger partial charge >= 0.3 is 0 Å². The van der Waals surface area contributed by atoms with E-state index in [2.05, 4.69) is 18.7 Å². The molecule has 2 heteroatoms. The van der Waals surface area contributed by atoms with Crippen LogP contribution in [0, 0.1) is 11.8 Å². The summed E-state index contributed by atoms with van der Waals surface area (Å²) < 4.78 is 5.47. The van der Waals surface area contributed by atoms with Crippen molar-refractivity contribution in [2.75, 3.05) is 26.3 Å². The Labute approximate surface area is 94.0 Å². The lowest BCUT2D eigenvalue weighted by atomic mass is 9.90. The minimum absolute atomic E-state index is 0.799. The summed E-state index contributed by atoms with van der Waals surface area (Å²) in [6, 6.07) is 0.896. The summed E-state index contributed by atoms with van der Waals surface area (Å²) in [6.07, 6.45) is 5.59. The number of rotatable bonds is 5. The second-order valence-electron chi connectivity index (χ2n) is 5.66. The number of hydrogen-bond donors (Lipinski definition) is 0. The smallest absolute Gasteiger partial charge is 0.0507 e. The van der Waals surface area contributed by atoms with E-state index in [0.29, 0.717) is 0 Å². The molecule has 1 saturated carbocycles. The van der Waals surface area contributed by atoms with Crippen LogP contribution in [0.3, 0.4) is 0 Å². The minimum Gasteiger partial charge on any atom is -0.381 e. The molecule has 0 bridgehead atoms. The third-order valence-corrected chi connectivity index (χ3v) is 3.71. The van der Waals surface area contributed by atoms with Gasteiger partial charge in [-0.2, -0.15) is 0 Å². The molecule has 1 unspecified atom stereocenters. The first-order valence-electron chi connectivity index (χ1n) is 6.57. The fourth-order valence-electron chi connectivity index (χ4n) is 2.65. The molecule has 2 nitrogen and oxygen atoms in total. The average molecular weight is 211 g/mol. The van der Waals surface area contributed by atoms with Gasteiger partial charge in [-0.3, -0.25) is 4.90 Å². The molecule has 0 aromatic heterocycles. The molecule has 2 aliphatic rings. The predicted octanol–water partition coefficient (Wildman–Crippen LogP) is 2.53. The molecule has 0 amide bonds. The topological polar surface area (TPSA) is 12.5 Å². The van der Waals surface area contributed by atoms with Crippen molar-refractivity contribution in [1.82, 2.24) is 4.90 Å². The monoisotopic (exact) mass is 211 g/mol. The highest BCUT2D eigenvalue weighted by Gasteiger charge is 2.28. The highest BCUT2D eigenvalue weighted by atomic mass is 16.5. The van der Waals surface area contributed by atoms with Gasteiger partial charge in [0, 0.05) is 25.7 Å². The van der Waals surface area contributed by atoms with Crippen LogP contribution in [0.25, 0.3) is 0 Å². The molecule has 1 saturated heterocycles. The van der Waals surface area contributed by atoms with E-state index in [-0.39, 0.29) is 0 Å². The van der Waals surface area contributed by atoms with Gasteiger partial charge in [0.05, 0.1) is 6.61 Å². The molecule has 2 fully saturated rings. The summed E-state index contributed by atoms with van der Waals surface area (Å²) in [5.74, 6) is 1.61. The number of hydrogen-bond acceptors (Lipinski definition) is 2. The minimum atomic E-state index is 0.799. The van der Waals surface area contributed by atoms with Crippen LogP contribution in [0.15, 0.2) is 0 Å². The van der Waals surface area contributed by atoms with E-state index in [1.165, 1.54) is 38.8 Å². The molecule has 88 valence electrons. The van der Waals surface area contributed by atoms with Crippen molar-refractivity contribution in [3.63, 3.8) is 0 Å². The molecular weight excluding hydrogens is 186 g/mol. The van der Waals surface area contributed by atoms with Crippen LogP contribution >= 0.6 is 0 Å². The van der Waals surface area contributed by atoms with Crippen LogP contribution in [-0.4, -0.2) is 37.2 Å². The zero-order valence-electron chi connectivity index (χ0n) is 10.2. The van der Waals surface area contributed by atoms with Gasteiger partial charge in [0.15, 0.2) is 0 Å². The Hall–Kier alpha value is -0.0800. The van der Waals surface area contributed by atoms with Crippen LogP contribution < -0.4 is 0 Å². The first kappa shape index (κ1) is 11.4. The third kappa shape index (κ3) is 3.18. The lowest BCUT2D eigenvalue weighted by Gasteiger charge is -2.39. The Morgan fingerprint density at radius 3 is 2.53 bits per heavy atom. The predicted molar refractivity (Wildman–Crippen MR) is 63.0 cm³/mol. The summed E-state index contributed by atoms with van der Waals surface area (Å²) in [7, 11) is 0. The molecule has 0 spiro atoms. The second kappa shape index (κ2) is 5.31. The first-order chi connectivity index (χ1) is 7.25. The first-order valence-corrected chi connectivity index (χ1v) is 6.57. The lowest BCUT2D eigenvalue weighted by Crippen LogP contribution is -2.44. The van der Waals surface area contributed by atoms with E-state index in [1.54, 1.807) is 0 Å². The van der Waals surface area contributed by atoms with Gasteiger partial charge in [-0.15, -0.1) is 0 Å². The van der Waals surface area contributed by atoms with Crippen molar-refractivity contribution in [3.8, 4) is 0 Å². The maximum atomic E-state index is 5.47. The Morgan fingerprint density at radius 1 is 1.27 bits per heavy atom. The van der Waals surface area contributed by atoms with E-state index in [0.717, 1.165) is 31.1 Å². The van der Waals surface area contributed by atoms with Crippen molar-refractivity contribution in [2.24, 2.45) is 11.8 Å². The van der Waals surface area contributed by atoms with Gasteiger partial charge in [0.2, 0.25) is 0 Å². The van der Waals surface area contributed by atoms with Gasteiger partial charge in [0.25, 0.3) is 0 Å². The molecule has 1 aliphatic heterocycles. The number of nitrogens with zero attached hydrogens (tertiary/aromatic N) is 1. The fourth-order valence-corrected chi connectivity index (χ4v) is 2.65. The molecule has 1 heterocycles. The Balaban J connectivity index is 1.80. The molecule has 1 atom stereocenters. The highest BCUT2D eigenvalue weighted by molar-refractivity contribution is 4.82. The Morgan fingerprint density at radius 2 is 2.07 bits per heavy atom. The maximum absolute atomic E-state index is 5.47. The summed E-state index contributed by atoms with van der Waals surface area (Å²) >= 11 is 0. The zero-order valence-corrected chi connectivity index (χ0v) is 10.2. The van der Waals surface area contributed by atoms with E-state index < -0.39 is 0 Å². The van der Waals surface area contributed by atoms with Gasteiger partial charge in [-0.05, 0) is 31.1 Å². The molecule has 0 N–H and O–H groups in total. The van der Waals surface area contributed by atoms with E-state index in [4.69, 9.17) is 4.74 Å². The van der Waals surface area contributed by atoms with Gasteiger partial charge in [-0.25, -0.2) is 0 Å². The van der Waals surface area contributed by atoms with Crippen LogP contribution in [0.1, 0.15) is 39.5 Å². The second-order valence-corrected chi connectivity index (χ2v) is 5.66. The van der Waals surface area contributed by atoms with E-state index in [9.17, 15) is 0 Å². The van der Waals surface area contributed by atoms with Gasteiger partial charge in [0.1, 0.15) is 0 Å². The van der Waals surface area contributed by atoms with Crippen LogP contribution in [0.4, 0.5) is 0 Å². The van der Waals surface area contributed by atoms with Crippen LogP contribution in [-0.2, 0) is 4.74 Å². The highest BCUT2D eigenvalue weighted by Crippen LogP contribution is 2.27. The summed E-state index contributed by atoms with van der Waals surface area (Å²) in [5.41, 5.74) is 0. The summed E-state index contributed by atoms with van der Waals surface area (Å²) in [4.78, 5) is 2.73. The Kier molecular flexibility index (Phi) is 4.04. The summed E-state index contributed by atoms with van der Waals surface area (Å²) in [6.45, 7) is 9.21. The Bertz CT molecular complexity index is 183. The van der Waals surface area contributed by atoms with Crippen molar-refractivity contribution >= 4 is 0 Å². The van der Waals surface area contributed by atoms with Gasteiger partial charge < -0.3 is 4.74 Å². The molecule has 0 aromatic rings. The molecule has 2 rings (SSSR count). The standard InChI is InChI=1S/C13H25NO/c1-11(2)8-14(13-4-3-5-13)9-12-6-7-15-10-12/h11-13H,3-10H2,1-2H3. The average Bonchev–Trinajstić information content (AvgIpc) is 2.51. The quantitative estimate of drug-likeness (QED) is 0.693. The van der Waals surface area contributed by atoms with Crippen molar-refractivity contribution in [3.05, 3.63) is 0 Å². The molecule has 1 aliphatic carbocycles. The molecular formula is C13H25NO. The molecule has 15 heavy (non-hydrogen) atoms. The van der Waals surface area contributed by atoms with Crippen molar-refractivity contribution in [1.29, 1.82) is 0 Å². The largest absolute Gasteiger partial charge is 0.381 e. The van der Waals surface area contributed by atoms with Crippen LogP contribution in [0.5, 0.6) is 0 Å². The van der Waals surface area contributed by atoms with E-state index >= 15 is 0 Å².